The van der Waals surface area contributed by atoms with E-state index in [9.17, 15) is 9.59 Å². The van der Waals surface area contributed by atoms with Crippen LogP contribution in [-0.4, -0.2) is 59.5 Å². The van der Waals surface area contributed by atoms with Crippen molar-refractivity contribution in [1.82, 2.24) is 14.4 Å². The summed E-state index contributed by atoms with van der Waals surface area (Å²) in [5.74, 6) is 0.604. The zero-order valence-electron chi connectivity index (χ0n) is 21.1. The van der Waals surface area contributed by atoms with Crippen LogP contribution >= 0.6 is 11.6 Å². The summed E-state index contributed by atoms with van der Waals surface area (Å²) in [5, 5.41) is 1.43. The molecule has 0 radical (unpaired) electrons. The van der Waals surface area contributed by atoms with Gasteiger partial charge in [-0.05, 0) is 60.5 Å². The molecule has 1 aromatic heterocycles. The summed E-state index contributed by atoms with van der Waals surface area (Å²) in [7, 11) is 1.61. The Balaban J connectivity index is 1.38. The van der Waals surface area contributed by atoms with Gasteiger partial charge in [-0.25, -0.2) is 0 Å². The molecule has 7 heteroatoms. The lowest BCUT2D eigenvalue weighted by Gasteiger charge is -2.35. The Morgan fingerprint density at radius 1 is 0.919 bits per heavy atom. The Hall–Kier alpha value is -3.61. The lowest BCUT2D eigenvalue weighted by molar-refractivity contribution is -0.132. The number of carbonyl (C=O) groups excluding carboxylic acids is 2. The Morgan fingerprint density at radius 3 is 2.30 bits per heavy atom. The minimum absolute atomic E-state index is 0.0725. The number of rotatable bonds is 6. The molecule has 4 aromatic rings. The van der Waals surface area contributed by atoms with E-state index in [2.05, 4.69) is 29.2 Å². The van der Waals surface area contributed by atoms with Gasteiger partial charge >= 0.3 is 0 Å². The highest BCUT2D eigenvalue weighted by molar-refractivity contribution is 6.30. The lowest BCUT2D eigenvalue weighted by Crippen LogP contribution is -2.48. The molecule has 0 saturated carbocycles. The van der Waals surface area contributed by atoms with Gasteiger partial charge < -0.3 is 9.64 Å². The van der Waals surface area contributed by atoms with Crippen molar-refractivity contribution in [2.75, 3.05) is 33.3 Å². The molecule has 37 heavy (non-hydrogen) atoms. The van der Waals surface area contributed by atoms with Crippen molar-refractivity contribution >= 4 is 34.3 Å². The van der Waals surface area contributed by atoms with Crippen molar-refractivity contribution < 1.29 is 14.3 Å². The van der Waals surface area contributed by atoms with Gasteiger partial charge in [0, 0.05) is 54.4 Å². The largest absolute Gasteiger partial charge is 0.497 e. The predicted molar refractivity (Wildman–Crippen MR) is 146 cm³/mol. The maximum absolute atomic E-state index is 13.5. The predicted octanol–water partition coefficient (Wildman–Crippen LogP) is 5.19. The van der Waals surface area contributed by atoms with E-state index in [0.29, 0.717) is 29.4 Å². The van der Waals surface area contributed by atoms with Crippen LogP contribution in [0.3, 0.4) is 0 Å². The summed E-state index contributed by atoms with van der Waals surface area (Å²) < 4.78 is 7.15. The molecule has 3 aromatic carbocycles. The van der Waals surface area contributed by atoms with Crippen LogP contribution in [0.1, 0.15) is 27.2 Å². The zero-order chi connectivity index (χ0) is 25.9. The second-order valence-electron chi connectivity index (χ2n) is 9.41. The Bertz CT molecular complexity index is 1420. The van der Waals surface area contributed by atoms with Gasteiger partial charge in [-0.2, -0.15) is 0 Å². The molecule has 0 atom stereocenters. The topological polar surface area (TPSA) is 54.8 Å². The third kappa shape index (κ3) is 5.26. The van der Waals surface area contributed by atoms with Gasteiger partial charge in [0.1, 0.15) is 5.75 Å². The van der Waals surface area contributed by atoms with Crippen LogP contribution in [0.5, 0.6) is 5.75 Å². The highest BCUT2D eigenvalue weighted by Gasteiger charge is 2.26. The van der Waals surface area contributed by atoms with E-state index >= 15 is 0 Å². The summed E-state index contributed by atoms with van der Waals surface area (Å²) in [6, 6.07) is 22.9. The van der Waals surface area contributed by atoms with Crippen molar-refractivity contribution in [1.29, 1.82) is 0 Å². The first-order chi connectivity index (χ1) is 17.9. The fourth-order valence-electron chi connectivity index (χ4n) is 5.06. The van der Waals surface area contributed by atoms with Crippen molar-refractivity contribution in [3.63, 3.8) is 0 Å². The van der Waals surface area contributed by atoms with E-state index in [4.69, 9.17) is 16.3 Å². The van der Waals surface area contributed by atoms with E-state index < -0.39 is 0 Å². The Morgan fingerprint density at radius 2 is 1.62 bits per heavy atom. The van der Waals surface area contributed by atoms with Crippen LogP contribution in [0, 0.1) is 6.92 Å². The molecule has 1 aliphatic rings. The molecule has 1 amide bonds. The molecule has 2 heterocycles. The highest BCUT2D eigenvalue weighted by atomic mass is 35.5. The first-order valence-corrected chi connectivity index (χ1v) is 12.8. The number of hydrogen-bond acceptors (Lipinski definition) is 4. The fourth-order valence-corrected chi connectivity index (χ4v) is 5.18. The van der Waals surface area contributed by atoms with E-state index in [0.717, 1.165) is 41.8 Å². The maximum Gasteiger partial charge on any atom is 0.262 e. The number of carbonyl (C=O) groups is 2. The molecule has 0 spiro atoms. The standard InChI is InChI=1S/C30H30ClN3O3/c1-21-26(19-29(35)33-16-14-32(15-17-33)20-22-6-4-3-5-7-22)27-18-25(37-2)12-13-28(27)34(21)30(36)23-8-10-24(31)11-9-23/h3-13,18H,14-17,19-20H2,1-2H3. The number of methoxy groups -OCH3 is 1. The molecule has 0 N–H and O–H groups in total. The summed E-state index contributed by atoms with van der Waals surface area (Å²) in [6.45, 7) is 5.85. The number of hydrogen-bond donors (Lipinski definition) is 0. The van der Waals surface area contributed by atoms with Crippen molar-refractivity contribution in [2.24, 2.45) is 0 Å². The third-order valence-electron chi connectivity index (χ3n) is 7.14. The Kier molecular flexibility index (Phi) is 7.31. The van der Waals surface area contributed by atoms with Crippen LogP contribution in [-0.2, 0) is 17.8 Å². The minimum Gasteiger partial charge on any atom is -0.497 e. The van der Waals surface area contributed by atoms with Crippen molar-refractivity contribution in [3.8, 4) is 5.75 Å². The summed E-state index contributed by atoms with van der Waals surface area (Å²) in [5.41, 5.74) is 4.19. The number of halogens is 1. The smallest absolute Gasteiger partial charge is 0.262 e. The molecule has 0 aliphatic carbocycles. The third-order valence-corrected chi connectivity index (χ3v) is 7.39. The quantitative estimate of drug-likeness (QED) is 0.355. The second kappa shape index (κ2) is 10.8. The van der Waals surface area contributed by atoms with Crippen LogP contribution in [0.25, 0.3) is 10.9 Å². The maximum atomic E-state index is 13.5. The molecule has 0 unspecified atom stereocenters. The van der Waals surface area contributed by atoms with Crippen LogP contribution in [0.2, 0.25) is 5.02 Å². The normalized spacial score (nSPS) is 14.2. The molecule has 0 bridgehead atoms. The number of fused-ring (bicyclic) bond motifs is 1. The van der Waals surface area contributed by atoms with Gasteiger partial charge in [0.05, 0.1) is 19.0 Å². The molecule has 1 saturated heterocycles. The molecule has 5 rings (SSSR count). The van der Waals surface area contributed by atoms with E-state index in [1.54, 1.807) is 35.9 Å². The summed E-state index contributed by atoms with van der Waals surface area (Å²) in [6.07, 6.45) is 0.231. The van der Waals surface area contributed by atoms with Crippen molar-refractivity contribution in [2.45, 2.75) is 19.9 Å². The summed E-state index contributed by atoms with van der Waals surface area (Å²) >= 11 is 6.03. The monoisotopic (exact) mass is 515 g/mol. The number of nitrogens with zero attached hydrogens (tertiary/aromatic N) is 3. The van der Waals surface area contributed by atoms with Crippen LogP contribution in [0.4, 0.5) is 0 Å². The molecule has 1 fully saturated rings. The average Bonchev–Trinajstić information content (AvgIpc) is 3.19. The number of piperazine rings is 1. The van der Waals surface area contributed by atoms with Gasteiger partial charge in [0.2, 0.25) is 5.91 Å². The first kappa shape index (κ1) is 25.1. The number of amides is 1. The SMILES string of the molecule is COc1ccc2c(c1)c(CC(=O)N1CCN(Cc3ccccc3)CC1)c(C)n2C(=O)c1ccc(Cl)cc1. The molecular formula is C30H30ClN3O3. The van der Waals surface area contributed by atoms with E-state index in [-0.39, 0.29) is 18.2 Å². The van der Waals surface area contributed by atoms with E-state index in [1.165, 1.54) is 5.56 Å². The molecule has 1 aliphatic heterocycles. The van der Waals surface area contributed by atoms with Crippen molar-refractivity contribution in [3.05, 3.63) is 100 Å². The Labute approximate surface area is 222 Å². The second-order valence-corrected chi connectivity index (χ2v) is 9.85. The summed E-state index contributed by atoms with van der Waals surface area (Å²) in [4.78, 5) is 31.3. The van der Waals surface area contributed by atoms with Crippen LogP contribution in [0.15, 0.2) is 72.8 Å². The zero-order valence-corrected chi connectivity index (χ0v) is 21.9. The van der Waals surface area contributed by atoms with Crippen LogP contribution < -0.4 is 4.74 Å². The van der Waals surface area contributed by atoms with Gasteiger partial charge in [-0.3, -0.25) is 19.1 Å². The fraction of sp³-hybridized carbons (Fsp3) is 0.267. The average molecular weight is 516 g/mol. The molecule has 6 nitrogen and oxygen atoms in total. The minimum atomic E-state index is -0.155. The molecular weight excluding hydrogens is 486 g/mol. The number of benzene rings is 3. The highest BCUT2D eigenvalue weighted by Crippen LogP contribution is 2.31. The number of ether oxygens (including phenoxy) is 1. The van der Waals surface area contributed by atoms with Gasteiger partial charge in [0.15, 0.2) is 0 Å². The first-order valence-electron chi connectivity index (χ1n) is 12.5. The van der Waals surface area contributed by atoms with E-state index in [1.807, 2.05) is 36.1 Å². The van der Waals surface area contributed by atoms with Gasteiger partial charge in [-0.15, -0.1) is 0 Å². The lowest BCUT2D eigenvalue weighted by atomic mass is 10.1. The number of aromatic nitrogens is 1. The van der Waals surface area contributed by atoms with Gasteiger partial charge in [-0.1, -0.05) is 41.9 Å². The van der Waals surface area contributed by atoms with Gasteiger partial charge in [0.25, 0.3) is 5.91 Å². The molecule has 190 valence electrons.